The van der Waals surface area contributed by atoms with Crippen molar-refractivity contribution < 1.29 is 14.7 Å². The van der Waals surface area contributed by atoms with Crippen LogP contribution in [0.1, 0.15) is 64.7 Å². The lowest BCUT2D eigenvalue weighted by Gasteiger charge is -2.21. The van der Waals surface area contributed by atoms with Gasteiger partial charge in [-0.2, -0.15) is 0 Å². The van der Waals surface area contributed by atoms with Gasteiger partial charge in [0.05, 0.1) is 0 Å². The molecule has 0 aliphatic heterocycles. The minimum Gasteiger partial charge on any atom is -0.480 e. The van der Waals surface area contributed by atoms with E-state index in [9.17, 15) is 14.7 Å². The highest BCUT2D eigenvalue weighted by atomic mass is 16.4. The molecule has 2 aliphatic rings. The average molecular weight is 281 g/mol. The third-order valence-electron chi connectivity index (χ3n) is 4.84. The van der Waals surface area contributed by atoms with Gasteiger partial charge in [-0.25, -0.2) is 4.79 Å². The Morgan fingerprint density at radius 3 is 2.20 bits per heavy atom. The molecule has 0 heterocycles. The molecule has 1 amide bonds. The van der Waals surface area contributed by atoms with Crippen LogP contribution in [0.3, 0.4) is 0 Å². The van der Waals surface area contributed by atoms with Crippen LogP contribution < -0.4 is 5.32 Å². The number of amides is 1. The predicted molar refractivity (Wildman–Crippen MR) is 77.3 cm³/mol. The third kappa shape index (κ3) is 4.50. The van der Waals surface area contributed by atoms with Crippen LogP contribution in [0.15, 0.2) is 0 Å². The van der Waals surface area contributed by atoms with Gasteiger partial charge >= 0.3 is 5.97 Å². The van der Waals surface area contributed by atoms with Gasteiger partial charge in [0.15, 0.2) is 0 Å². The molecule has 0 aromatic heterocycles. The summed E-state index contributed by atoms with van der Waals surface area (Å²) in [7, 11) is 0. The average Bonchev–Trinajstić information content (AvgIpc) is 3.08. The summed E-state index contributed by atoms with van der Waals surface area (Å²) in [6.07, 6.45) is 9.57. The first-order chi connectivity index (χ1) is 9.60. The van der Waals surface area contributed by atoms with Crippen molar-refractivity contribution in [1.29, 1.82) is 0 Å². The van der Waals surface area contributed by atoms with E-state index in [1.54, 1.807) is 0 Å². The van der Waals surface area contributed by atoms with E-state index < -0.39 is 12.0 Å². The molecule has 2 unspecified atom stereocenters. The van der Waals surface area contributed by atoms with Crippen LogP contribution >= 0.6 is 0 Å². The zero-order valence-corrected chi connectivity index (χ0v) is 12.4. The maximum absolute atomic E-state index is 12.3. The summed E-state index contributed by atoms with van der Waals surface area (Å²) in [5, 5.41) is 12.0. The maximum atomic E-state index is 12.3. The molecule has 0 bridgehead atoms. The number of nitrogens with one attached hydrogen (secondary N) is 1. The van der Waals surface area contributed by atoms with E-state index in [2.05, 4.69) is 5.32 Å². The van der Waals surface area contributed by atoms with Gasteiger partial charge in [-0.15, -0.1) is 0 Å². The van der Waals surface area contributed by atoms with Crippen molar-refractivity contribution >= 4 is 11.9 Å². The summed E-state index contributed by atoms with van der Waals surface area (Å²) in [5.74, 6) is 0.219. The molecular formula is C16H27NO3. The van der Waals surface area contributed by atoms with Crippen molar-refractivity contribution in [3.63, 3.8) is 0 Å². The Hall–Kier alpha value is -1.06. The molecule has 0 radical (unpaired) electrons. The van der Waals surface area contributed by atoms with Gasteiger partial charge in [-0.3, -0.25) is 4.79 Å². The molecule has 4 nitrogen and oxygen atoms in total. The Morgan fingerprint density at radius 2 is 1.70 bits per heavy atom. The molecule has 114 valence electrons. The highest BCUT2D eigenvalue weighted by molar-refractivity contribution is 5.84. The molecule has 2 rings (SSSR count). The van der Waals surface area contributed by atoms with Gasteiger partial charge in [0.2, 0.25) is 5.91 Å². The van der Waals surface area contributed by atoms with Crippen LogP contribution in [0, 0.1) is 17.8 Å². The number of hydrogen-bond donors (Lipinski definition) is 2. The number of carbonyl (C=O) groups excluding carboxylic acids is 1. The molecule has 0 aromatic rings. The van der Waals surface area contributed by atoms with Crippen LogP contribution in [-0.4, -0.2) is 23.0 Å². The van der Waals surface area contributed by atoms with E-state index in [1.165, 1.54) is 25.7 Å². The molecule has 2 fully saturated rings. The molecule has 0 aromatic carbocycles. The van der Waals surface area contributed by atoms with Gasteiger partial charge in [-0.05, 0) is 31.1 Å². The number of aliphatic carboxylic acids is 1. The zero-order valence-electron chi connectivity index (χ0n) is 12.4. The minimum atomic E-state index is -0.888. The van der Waals surface area contributed by atoms with E-state index >= 15 is 0 Å². The first-order valence-corrected chi connectivity index (χ1v) is 8.13. The smallest absolute Gasteiger partial charge is 0.326 e. The Bertz CT molecular complexity index is 346. The quantitative estimate of drug-likeness (QED) is 0.719. The van der Waals surface area contributed by atoms with Gasteiger partial charge in [0.25, 0.3) is 0 Å². The summed E-state index contributed by atoms with van der Waals surface area (Å²) >= 11 is 0. The fraction of sp³-hybridized carbons (Fsp3) is 0.875. The van der Waals surface area contributed by atoms with Crippen LogP contribution in [0.25, 0.3) is 0 Å². The van der Waals surface area contributed by atoms with E-state index in [1.807, 2.05) is 6.92 Å². The second kappa shape index (κ2) is 7.09. The Kier molecular flexibility index (Phi) is 5.44. The van der Waals surface area contributed by atoms with E-state index in [-0.39, 0.29) is 11.8 Å². The van der Waals surface area contributed by atoms with Crippen molar-refractivity contribution in [3.8, 4) is 0 Å². The summed E-state index contributed by atoms with van der Waals surface area (Å²) in [6.45, 7) is 2.02. The number of rotatable bonds is 8. The van der Waals surface area contributed by atoms with Crippen molar-refractivity contribution in [3.05, 3.63) is 0 Å². The molecule has 2 atom stereocenters. The summed E-state index contributed by atoms with van der Waals surface area (Å²) in [4.78, 5) is 23.5. The fourth-order valence-electron chi connectivity index (χ4n) is 3.31. The van der Waals surface area contributed by atoms with Crippen LogP contribution in [0.5, 0.6) is 0 Å². The standard InChI is InChI=1S/C16H27NO3/c1-2-13(9-11-5-3-4-6-11)15(18)17-14(16(19)20)10-12-7-8-12/h11-14H,2-10H2,1H3,(H,17,18)(H,19,20). The number of carboxylic acid groups (broad SMARTS) is 1. The topological polar surface area (TPSA) is 66.4 Å². The molecule has 0 spiro atoms. The first-order valence-electron chi connectivity index (χ1n) is 8.13. The third-order valence-corrected chi connectivity index (χ3v) is 4.84. The molecule has 2 N–H and O–H groups in total. The van der Waals surface area contributed by atoms with Crippen molar-refractivity contribution in [2.75, 3.05) is 0 Å². The van der Waals surface area contributed by atoms with Gasteiger partial charge in [0, 0.05) is 5.92 Å². The molecule has 4 heteroatoms. The van der Waals surface area contributed by atoms with E-state index in [4.69, 9.17) is 0 Å². The van der Waals surface area contributed by atoms with Crippen LogP contribution in [0.2, 0.25) is 0 Å². The number of hydrogen-bond acceptors (Lipinski definition) is 2. The fourth-order valence-corrected chi connectivity index (χ4v) is 3.31. The molecule has 2 aliphatic carbocycles. The van der Waals surface area contributed by atoms with Gasteiger partial charge < -0.3 is 10.4 Å². The monoisotopic (exact) mass is 281 g/mol. The van der Waals surface area contributed by atoms with E-state index in [0.29, 0.717) is 18.3 Å². The zero-order chi connectivity index (χ0) is 14.5. The van der Waals surface area contributed by atoms with Gasteiger partial charge in [-0.1, -0.05) is 45.4 Å². The highest BCUT2D eigenvalue weighted by Crippen LogP contribution is 2.34. The SMILES string of the molecule is CCC(CC1CCCC1)C(=O)NC(CC1CC1)C(=O)O. The Labute approximate surface area is 121 Å². The molecule has 0 saturated heterocycles. The molecular weight excluding hydrogens is 254 g/mol. The second-order valence-corrected chi connectivity index (χ2v) is 6.57. The summed E-state index contributed by atoms with van der Waals surface area (Å²) < 4.78 is 0. The minimum absolute atomic E-state index is 0.0147. The number of carboxylic acids is 1. The summed E-state index contributed by atoms with van der Waals surface area (Å²) in [5.41, 5.74) is 0. The predicted octanol–water partition coefficient (Wildman–Crippen LogP) is 2.96. The Morgan fingerprint density at radius 1 is 1.10 bits per heavy atom. The summed E-state index contributed by atoms with van der Waals surface area (Å²) in [6, 6.07) is -0.687. The normalized spacial score (nSPS) is 22.4. The van der Waals surface area contributed by atoms with Crippen LogP contribution in [0.4, 0.5) is 0 Å². The lowest BCUT2D eigenvalue weighted by molar-refractivity contribution is -0.143. The van der Waals surface area contributed by atoms with Crippen LogP contribution in [-0.2, 0) is 9.59 Å². The largest absolute Gasteiger partial charge is 0.480 e. The van der Waals surface area contributed by atoms with Crippen molar-refractivity contribution in [2.45, 2.75) is 70.8 Å². The van der Waals surface area contributed by atoms with Crippen molar-refractivity contribution in [1.82, 2.24) is 5.32 Å². The molecule has 20 heavy (non-hydrogen) atoms. The molecule has 2 saturated carbocycles. The highest BCUT2D eigenvalue weighted by Gasteiger charge is 2.32. The van der Waals surface area contributed by atoms with Crippen molar-refractivity contribution in [2.24, 2.45) is 17.8 Å². The van der Waals surface area contributed by atoms with E-state index in [0.717, 1.165) is 25.7 Å². The lowest BCUT2D eigenvalue weighted by Crippen LogP contribution is -2.44. The Balaban J connectivity index is 1.83. The first kappa shape index (κ1) is 15.3. The van der Waals surface area contributed by atoms with Gasteiger partial charge in [0.1, 0.15) is 6.04 Å². The number of carbonyl (C=O) groups is 2. The second-order valence-electron chi connectivity index (χ2n) is 6.57. The maximum Gasteiger partial charge on any atom is 0.326 e. The lowest BCUT2D eigenvalue weighted by atomic mass is 9.90.